The van der Waals surface area contributed by atoms with Crippen LogP contribution in [0.15, 0.2) is 30.0 Å². The zero-order chi connectivity index (χ0) is 86.9. The lowest BCUT2D eigenvalue weighted by Crippen LogP contribution is -2.49. The average molecular weight is 1650 g/mol. The van der Waals surface area contributed by atoms with Crippen LogP contribution in [-0.4, -0.2) is 189 Å². The molecule has 0 aliphatic rings. The van der Waals surface area contributed by atoms with Gasteiger partial charge in [-0.1, -0.05) is 117 Å². The van der Waals surface area contributed by atoms with E-state index in [1.807, 2.05) is 13.8 Å². The fourth-order valence-electron chi connectivity index (χ4n) is 14.2. The van der Waals surface area contributed by atoms with E-state index < -0.39 is 187 Å². The number of primary amides is 2. The molecule has 0 radical (unpaired) electrons. The molecule has 2 heterocycles. The van der Waals surface area contributed by atoms with Gasteiger partial charge in [0, 0.05) is 118 Å². The van der Waals surface area contributed by atoms with Crippen molar-refractivity contribution in [2.24, 2.45) is 92.3 Å². The van der Waals surface area contributed by atoms with E-state index in [0.29, 0.717) is 75.7 Å². The predicted octanol–water partition coefficient (Wildman–Crippen LogP) is 3.77. The second-order valence-corrected chi connectivity index (χ2v) is 31.9. The number of aliphatic imine (C=N–C) groups is 1. The molecule has 11 atom stereocenters. The molecule has 662 valence electrons. The summed E-state index contributed by atoms with van der Waals surface area (Å²) in [5.74, 6) is -15.5. The summed E-state index contributed by atoms with van der Waals surface area (Å²) in [6.07, 6.45) is 22.4. The summed E-state index contributed by atoms with van der Waals surface area (Å²) < 4.78 is 0. The van der Waals surface area contributed by atoms with Gasteiger partial charge in [-0.25, -0.2) is 9.97 Å². The molecule has 0 fully saturated rings. The van der Waals surface area contributed by atoms with Gasteiger partial charge in [0.25, 0.3) is 0 Å². The number of aromatic nitrogens is 4. The third-order valence-electron chi connectivity index (χ3n) is 21.2. The largest absolute Gasteiger partial charge is 0.394 e. The topological polar surface area (TPSA) is 609 Å². The highest BCUT2D eigenvalue weighted by molar-refractivity contribution is 5.99. The number of nitrogens with two attached hydrogens (primary N) is 8. The number of H-pyrrole nitrogens is 2. The average Bonchev–Trinajstić information content (AvgIpc) is 1.89. The Balaban J connectivity index is 2.38. The van der Waals surface area contributed by atoms with Crippen molar-refractivity contribution in [3.05, 3.63) is 36.4 Å². The van der Waals surface area contributed by atoms with E-state index in [0.717, 1.165) is 25.7 Å². The first-order valence-electron chi connectivity index (χ1n) is 42.9. The normalized spacial score (nSPS) is 14.2. The molecular formula is C83H145N19O15. The number of imidazole rings is 2. The first-order chi connectivity index (χ1) is 56.0. The lowest BCUT2D eigenvalue weighted by Gasteiger charge is -2.26. The Morgan fingerprint density at radius 3 is 1.24 bits per heavy atom. The van der Waals surface area contributed by atoms with Gasteiger partial charge in [0.05, 0.1) is 55.8 Å². The minimum absolute atomic E-state index is 0.0341. The summed E-state index contributed by atoms with van der Waals surface area (Å²) >= 11 is 0. The highest BCUT2D eigenvalue weighted by atomic mass is 16.3. The van der Waals surface area contributed by atoms with Gasteiger partial charge < -0.3 is 92.8 Å². The highest BCUT2D eigenvalue weighted by Crippen LogP contribution is 2.25. The van der Waals surface area contributed by atoms with Crippen LogP contribution in [0.2, 0.25) is 0 Å². The maximum atomic E-state index is 14.8. The molecule has 0 bridgehead atoms. The number of aliphatic hydroxyl groups excluding tert-OH is 1. The molecule has 2 rings (SSSR count). The van der Waals surface area contributed by atoms with Gasteiger partial charge in [-0.2, -0.15) is 0 Å². The number of carbonyl (C=O) groups is 14. The van der Waals surface area contributed by atoms with Gasteiger partial charge >= 0.3 is 0 Å². The third-order valence-corrected chi connectivity index (χ3v) is 21.2. The van der Waals surface area contributed by atoms with Crippen LogP contribution in [-0.2, 0) is 80.0 Å². The summed E-state index contributed by atoms with van der Waals surface area (Å²) in [6, 6.07) is -6.34. The molecule has 34 nitrogen and oxygen atoms in total. The first kappa shape index (κ1) is 104. The van der Waals surface area contributed by atoms with Gasteiger partial charge in [-0.3, -0.25) is 72.1 Å². The minimum atomic E-state index is -1.47. The predicted molar refractivity (Wildman–Crippen MR) is 448 cm³/mol. The molecule has 0 aliphatic carbocycles. The molecule has 0 saturated carbocycles. The fraction of sp³-hybridized carbons (Fsp3) is 0.747. The molecule has 117 heavy (non-hydrogen) atoms. The maximum absolute atomic E-state index is 14.8. The van der Waals surface area contributed by atoms with Gasteiger partial charge in [0.2, 0.25) is 47.3 Å². The fourth-order valence-corrected chi connectivity index (χ4v) is 14.2. The van der Waals surface area contributed by atoms with Crippen molar-refractivity contribution < 1.29 is 72.2 Å². The quantitative estimate of drug-likeness (QED) is 0.0254. The number of amides is 8. The number of nitrogens with zero attached hydrogens (tertiary/aromatic N) is 3. The van der Waals surface area contributed by atoms with E-state index >= 15 is 0 Å². The number of hydrogen-bond acceptors (Lipinski definition) is 22. The highest BCUT2D eigenvalue weighted by Gasteiger charge is 2.37. The molecule has 0 unspecified atom stereocenters. The molecule has 8 amide bonds. The molecule has 34 heteroatoms. The molecule has 0 spiro atoms. The summed E-state index contributed by atoms with van der Waals surface area (Å²) in [5, 5.41) is 26.7. The summed E-state index contributed by atoms with van der Waals surface area (Å²) in [5.41, 5.74) is 46.7. The van der Waals surface area contributed by atoms with Gasteiger partial charge in [0.1, 0.15) is 17.9 Å². The number of aliphatic hydroxyl groups is 1. The lowest BCUT2D eigenvalue weighted by atomic mass is 9.88. The van der Waals surface area contributed by atoms with E-state index in [2.05, 4.69) is 63.8 Å². The maximum Gasteiger partial charge on any atom is 0.239 e. The van der Waals surface area contributed by atoms with Crippen molar-refractivity contribution in [3.8, 4) is 0 Å². The second kappa shape index (κ2) is 62.5. The molecule has 0 aliphatic heterocycles. The van der Waals surface area contributed by atoms with Crippen molar-refractivity contribution in [1.29, 1.82) is 0 Å². The second-order valence-electron chi connectivity index (χ2n) is 31.9. The lowest BCUT2D eigenvalue weighted by molar-refractivity contribution is -0.136. The number of carbonyl (C=O) groups excluding carboxylic acids is 14. The Morgan fingerprint density at radius 2 is 0.803 bits per heavy atom. The minimum Gasteiger partial charge on any atom is -0.394 e. The van der Waals surface area contributed by atoms with Crippen LogP contribution in [0.4, 0.5) is 0 Å². The molecular weight excluding hydrogens is 1500 g/mol. The molecule has 25 N–H and O–H groups in total. The number of Topliss-reactive ketones (excluding diaryl/α,β-unsaturated/α-hetero) is 6. The van der Waals surface area contributed by atoms with E-state index in [1.54, 1.807) is 0 Å². The molecule has 0 aromatic carbocycles. The molecule has 2 aromatic heterocycles. The number of guanidine groups is 1. The summed E-state index contributed by atoms with van der Waals surface area (Å²) in [6.45, 7) is 7.13. The third kappa shape index (κ3) is 46.9. The van der Waals surface area contributed by atoms with Crippen molar-refractivity contribution >= 4 is 87.9 Å². The zero-order valence-electron chi connectivity index (χ0n) is 70.4. The number of rotatable bonds is 74. The van der Waals surface area contributed by atoms with Crippen LogP contribution < -0.4 is 77.8 Å². The monoisotopic (exact) mass is 1650 g/mol. The van der Waals surface area contributed by atoms with E-state index in [4.69, 9.17) is 45.9 Å². The van der Waals surface area contributed by atoms with Crippen molar-refractivity contribution in [2.45, 2.75) is 308 Å². The van der Waals surface area contributed by atoms with Gasteiger partial charge in [-0.05, 0) is 129 Å². The van der Waals surface area contributed by atoms with E-state index in [-0.39, 0.29) is 127 Å². The number of unbranched alkanes of at least 4 members (excludes halogenated alkanes) is 16. The van der Waals surface area contributed by atoms with Crippen molar-refractivity contribution in [3.63, 3.8) is 0 Å². The van der Waals surface area contributed by atoms with Crippen LogP contribution in [0.25, 0.3) is 0 Å². The van der Waals surface area contributed by atoms with Crippen LogP contribution in [0.5, 0.6) is 0 Å². The van der Waals surface area contributed by atoms with E-state index in [1.165, 1.54) is 83.3 Å². The zero-order valence-corrected chi connectivity index (χ0v) is 70.4. The Morgan fingerprint density at radius 1 is 0.410 bits per heavy atom. The van der Waals surface area contributed by atoms with Crippen LogP contribution in [0.1, 0.15) is 277 Å². The Hall–Kier alpha value is -8.73. The first-order valence-corrected chi connectivity index (χ1v) is 42.9. The van der Waals surface area contributed by atoms with Gasteiger partial charge in [0.15, 0.2) is 34.9 Å². The van der Waals surface area contributed by atoms with E-state index in [9.17, 15) is 72.2 Å². The summed E-state index contributed by atoms with van der Waals surface area (Å²) in [7, 11) is 0. The number of nitrogens with one attached hydrogen (secondary N) is 8. The van der Waals surface area contributed by atoms with Gasteiger partial charge in [-0.15, -0.1) is 0 Å². The Labute approximate surface area is 691 Å². The standard InChI is InChI=1S/C83H145N19O15/c1-5-6-7-8-9-10-11-12-13-14-15-16-17-30-65(104)43-61(41-63-49-92-53-96-63)82(117)102-70(52-103)74(109)45-57(27-18-22-35-84)77(112)95-51-66(105)44-62(42-64-50-93-54-97-64)81(116)100-68(33-34-75(88)110)73(108)47-59(29-20-24-37-86)79(114)99-67(32-26-39-94-83(90)91)72(107)46-58(28-19-23-36-85)78(113)98-56(4)71(106)48-60(40-55(2)3)80(115)101-69(76(89)111)31-21-25-38-87/h49-50,53-62,67-70,103H,5-48,51-52,84-87H2,1-4H3,(H2,88,110)(H2,89,111)(H,92,96)(H,93,97)(H,95,112)(H,98,113)(H,99,114)(H,100,116)(H,101,115)(H,102,117)(H4,90,91,94)/t56-,57+,58+,59+,60+,61+,62+,67-,68-,69-,70-/m0/s1. The molecule has 2 aromatic rings. The SMILES string of the molecule is CCCCCCCCCCCCCCCC(=O)C[C@@H](Cc1cnc[nH]1)C(=O)N[C@@H](CO)C(=O)C[C@@H](CCCCN)C(=O)NCC(=O)C[C@@H](Cc1cnc[nH]1)C(=O)N[C@@H](CCC(N)=O)C(=O)C[C@@H](CCCCN)C(=O)N[C@@H](CCCN=C(N)N)C(=O)C[C@@H](CCCCN)C(=O)N[C@@H](C)C(=O)C[C@@H](CC(C)C)C(=O)N[C@@H](CCCCN)C(N)=O. The number of ketones is 6. The molecule has 0 saturated heterocycles. The van der Waals surface area contributed by atoms with Crippen LogP contribution in [0.3, 0.4) is 0 Å². The number of hydrogen-bond donors (Lipinski definition) is 17. The number of aromatic amines is 2. The van der Waals surface area contributed by atoms with Crippen LogP contribution in [0, 0.1) is 41.4 Å². The van der Waals surface area contributed by atoms with Crippen LogP contribution >= 0.6 is 0 Å². The van der Waals surface area contributed by atoms with Crippen molar-refractivity contribution in [2.75, 3.05) is 45.9 Å². The summed E-state index contributed by atoms with van der Waals surface area (Å²) in [4.78, 5) is 213. The van der Waals surface area contributed by atoms with Crippen molar-refractivity contribution in [1.82, 2.24) is 51.8 Å². The Bertz CT molecular complexity index is 3300. The Kier molecular flexibility index (Phi) is 55.7. The smallest absolute Gasteiger partial charge is 0.239 e.